The Hall–Kier alpha value is -2.98. The Labute approximate surface area is 178 Å². The standard InChI is InChI=1S/C26H29N3O/c1-3-19-20(4-2)22(26(27)30)11-10-21(19)24(17-12-15-28-16-13-17)23-9-5-7-18-8-6-14-29-25(18)23/h5-11,14,28H,3-4,12-13,15-16H2,1-2H3,(H2,27,30). The molecular formula is C26H29N3O. The molecule has 2 heterocycles. The van der Waals surface area contributed by atoms with Crippen LogP contribution < -0.4 is 11.1 Å². The fourth-order valence-corrected chi connectivity index (χ4v) is 4.78. The number of nitrogens with two attached hydrogens (primary N) is 1. The van der Waals surface area contributed by atoms with Crippen LogP contribution in [0.2, 0.25) is 0 Å². The van der Waals surface area contributed by atoms with Gasteiger partial charge in [0.1, 0.15) is 0 Å². The number of amides is 1. The summed E-state index contributed by atoms with van der Waals surface area (Å²) >= 11 is 0. The van der Waals surface area contributed by atoms with Crippen molar-refractivity contribution >= 4 is 22.4 Å². The minimum atomic E-state index is -0.351. The first-order valence-electron chi connectivity index (χ1n) is 10.9. The number of primary amides is 1. The summed E-state index contributed by atoms with van der Waals surface area (Å²) in [6.07, 6.45) is 5.53. The van der Waals surface area contributed by atoms with Crippen LogP contribution in [0, 0.1) is 0 Å². The summed E-state index contributed by atoms with van der Waals surface area (Å²) in [4.78, 5) is 16.8. The van der Waals surface area contributed by atoms with Gasteiger partial charge in [-0.15, -0.1) is 0 Å². The molecule has 1 fully saturated rings. The number of carbonyl (C=O) groups excluding carboxylic acids is 1. The van der Waals surface area contributed by atoms with Gasteiger partial charge in [0.2, 0.25) is 5.91 Å². The summed E-state index contributed by atoms with van der Waals surface area (Å²) in [5.41, 5.74) is 14.8. The monoisotopic (exact) mass is 399 g/mol. The molecule has 4 rings (SSSR count). The van der Waals surface area contributed by atoms with E-state index in [0.29, 0.717) is 5.56 Å². The number of para-hydroxylation sites is 1. The molecule has 4 heteroatoms. The van der Waals surface area contributed by atoms with Crippen molar-refractivity contribution < 1.29 is 4.79 Å². The summed E-state index contributed by atoms with van der Waals surface area (Å²) in [5.74, 6) is -0.351. The van der Waals surface area contributed by atoms with E-state index in [2.05, 4.69) is 49.5 Å². The second kappa shape index (κ2) is 8.80. The van der Waals surface area contributed by atoms with Gasteiger partial charge in [0.05, 0.1) is 5.52 Å². The minimum absolute atomic E-state index is 0.351. The molecule has 0 aliphatic carbocycles. The quantitative estimate of drug-likeness (QED) is 0.656. The number of aromatic nitrogens is 1. The van der Waals surface area contributed by atoms with E-state index >= 15 is 0 Å². The van der Waals surface area contributed by atoms with Crippen molar-refractivity contribution in [1.82, 2.24) is 10.3 Å². The Morgan fingerprint density at radius 2 is 1.60 bits per heavy atom. The average molecular weight is 400 g/mol. The number of nitrogens with one attached hydrogen (secondary N) is 1. The second-order valence-corrected chi connectivity index (χ2v) is 7.80. The van der Waals surface area contributed by atoms with Crippen LogP contribution >= 0.6 is 0 Å². The van der Waals surface area contributed by atoms with Crippen LogP contribution in [0.25, 0.3) is 16.5 Å². The van der Waals surface area contributed by atoms with Crippen LogP contribution in [0.3, 0.4) is 0 Å². The lowest BCUT2D eigenvalue weighted by Crippen LogP contribution is -2.24. The van der Waals surface area contributed by atoms with Crippen molar-refractivity contribution in [3.05, 3.63) is 82.1 Å². The van der Waals surface area contributed by atoms with Gasteiger partial charge >= 0.3 is 0 Å². The summed E-state index contributed by atoms with van der Waals surface area (Å²) in [6.45, 7) is 6.23. The summed E-state index contributed by atoms with van der Waals surface area (Å²) in [6, 6.07) is 14.5. The SMILES string of the molecule is CCc1c(C(N)=O)ccc(C(=C2CCNCC2)c2cccc3cccnc23)c1CC. The Morgan fingerprint density at radius 1 is 0.933 bits per heavy atom. The van der Waals surface area contributed by atoms with Crippen molar-refractivity contribution in [1.29, 1.82) is 0 Å². The highest BCUT2D eigenvalue weighted by Gasteiger charge is 2.22. The molecule has 0 radical (unpaired) electrons. The van der Waals surface area contributed by atoms with Gasteiger partial charge in [-0.25, -0.2) is 0 Å². The highest BCUT2D eigenvalue weighted by molar-refractivity contribution is 5.99. The molecule has 3 aromatic rings. The van der Waals surface area contributed by atoms with Gasteiger partial charge in [0.15, 0.2) is 0 Å². The molecule has 0 unspecified atom stereocenters. The number of hydrogen-bond donors (Lipinski definition) is 2. The fourth-order valence-electron chi connectivity index (χ4n) is 4.78. The van der Waals surface area contributed by atoms with E-state index in [4.69, 9.17) is 10.7 Å². The predicted octanol–water partition coefficient (Wildman–Crippen LogP) is 4.64. The van der Waals surface area contributed by atoms with Gasteiger partial charge in [0, 0.05) is 22.7 Å². The Bertz CT molecular complexity index is 1120. The molecule has 2 aromatic carbocycles. The van der Waals surface area contributed by atoms with Crippen LogP contribution in [0.4, 0.5) is 0 Å². The molecule has 3 N–H and O–H groups in total. The second-order valence-electron chi connectivity index (χ2n) is 7.80. The summed E-state index contributed by atoms with van der Waals surface area (Å²) < 4.78 is 0. The zero-order valence-corrected chi connectivity index (χ0v) is 17.8. The Kier molecular flexibility index (Phi) is 5.96. The minimum Gasteiger partial charge on any atom is -0.366 e. The van der Waals surface area contributed by atoms with Crippen molar-refractivity contribution in [3.8, 4) is 0 Å². The van der Waals surface area contributed by atoms with Crippen LogP contribution in [-0.2, 0) is 12.8 Å². The predicted molar refractivity (Wildman–Crippen MR) is 124 cm³/mol. The van der Waals surface area contributed by atoms with Gasteiger partial charge in [-0.05, 0) is 73.2 Å². The fraction of sp³-hybridized carbons (Fsp3) is 0.308. The van der Waals surface area contributed by atoms with E-state index in [0.717, 1.165) is 55.2 Å². The largest absolute Gasteiger partial charge is 0.366 e. The molecule has 30 heavy (non-hydrogen) atoms. The van der Waals surface area contributed by atoms with Crippen molar-refractivity contribution in [3.63, 3.8) is 0 Å². The number of fused-ring (bicyclic) bond motifs is 1. The number of benzene rings is 2. The van der Waals surface area contributed by atoms with Gasteiger partial charge < -0.3 is 11.1 Å². The maximum Gasteiger partial charge on any atom is 0.248 e. The number of carbonyl (C=O) groups is 1. The molecule has 1 saturated heterocycles. The Morgan fingerprint density at radius 3 is 2.30 bits per heavy atom. The van der Waals surface area contributed by atoms with E-state index in [9.17, 15) is 4.79 Å². The van der Waals surface area contributed by atoms with Crippen LogP contribution in [0.1, 0.15) is 59.3 Å². The maximum absolute atomic E-state index is 12.1. The lowest BCUT2D eigenvalue weighted by atomic mass is 9.82. The highest BCUT2D eigenvalue weighted by Crippen LogP contribution is 2.38. The number of pyridine rings is 1. The molecule has 0 bridgehead atoms. The molecule has 1 aliphatic rings. The van der Waals surface area contributed by atoms with E-state index < -0.39 is 0 Å². The third-order valence-corrected chi connectivity index (χ3v) is 6.14. The lowest BCUT2D eigenvalue weighted by Gasteiger charge is -2.25. The molecule has 0 atom stereocenters. The topological polar surface area (TPSA) is 68.0 Å². The molecule has 0 spiro atoms. The average Bonchev–Trinajstić information content (AvgIpc) is 2.79. The van der Waals surface area contributed by atoms with Gasteiger partial charge in [-0.2, -0.15) is 0 Å². The zero-order valence-electron chi connectivity index (χ0n) is 17.8. The van der Waals surface area contributed by atoms with E-state index in [1.165, 1.54) is 27.8 Å². The van der Waals surface area contributed by atoms with E-state index in [1.54, 1.807) is 0 Å². The smallest absolute Gasteiger partial charge is 0.248 e. The number of piperidine rings is 1. The normalized spacial score (nSPS) is 14.1. The molecule has 0 saturated carbocycles. The molecule has 1 aromatic heterocycles. The number of hydrogen-bond acceptors (Lipinski definition) is 3. The van der Waals surface area contributed by atoms with Gasteiger partial charge in [-0.1, -0.05) is 49.8 Å². The summed E-state index contributed by atoms with van der Waals surface area (Å²) in [5, 5.41) is 4.62. The number of nitrogens with zero attached hydrogens (tertiary/aromatic N) is 1. The van der Waals surface area contributed by atoms with Crippen molar-refractivity contribution in [2.45, 2.75) is 39.5 Å². The van der Waals surface area contributed by atoms with Crippen LogP contribution in [0.15, 0.2) is 54.2 Å². The first-order chi connectivity index (χ1) is 14.7. The molecule has 154 valence electrons. The number of rotatable bonds is 5. The lowest BCUT2D eigenvalue weighted by molar-refractivity contribution is 0.0999. The third-order valence-electron chi connectivity index (χ3n) is 6.14. The van der Waals surface area contributed by atoms with Crippen LogP contribution in [-0.4, -0.2) is 24.0 Å². The first kappa shape index (κ1) is 20.3. The Balaban J connectivity index is 2.05. The van der Waals surface area contributed by atoms with Crippen molar-refractivity contribution in [2.24, 2.45) is 5.73 Å². The zero-order chi connectivity index (χ0) is 21.1. The van der Waals surface area contributed by atoms with Crippen LogP contribution in [0.5, 0.6) is 0 Å². The van der Waals surface area contributed by atoms with Gasteiger partial charge in [-0.3, -0.25) is 9.78 Å². The first-order valence-corrected chi connectivity index (χ1v) is 10.9. The highest BCUT2D eigenvalue weighted by atomic mass is 16.1. The van der Waals surface area contributed by atoms with E-state index in [-0.39, 0.29) is 5.91 Å². The summed E-state index contributed by atoms with van der Waals surface area (Å²) in [7, 11) is 0. The maximum atomic E-state index is 12.1. The van der Waals surface area contributed by atoms with Gasteiger partial charge in [0.25, 0.3) is 0 Å². The molecule has 1 amide bonds. The molecular weight excluding hydrogens is 370 g/mol. The molecule has 1 aliphatic heterocycles. The van der Waals surface area contributed by atoms with E-state index in [1.807, 2.05) is 18.3 Å². The third kappa shape index (κ3) is 3.63. The molecule has 4 nitrogen and oxygen atoms in total. The van der Waals surface area contributed by atoms with Crippen molar-refractivity contribution in [2.75, 3.05) is 13.1 Å².